The molecule has 0 radical (unpaired) electrons. The quantitative estimate of drug-likeness (QED) is 0.289. The molecular formula is C26H23N3O2S. The van der Waals surface area contributed by atoms with Gasteiger partial charge in [0.2, 0.25) is 5.13 Å². The number of aryl methyl sites for hydroxylation is 2. The second-order valence-corrected chi connectivity index (χ2v) is 8.20. The van der Waals surface area contributed by atoms with E-state index < -0.39 is 0 Å². The number of rotatable bonds is 8. The molecule has 1 heterocycles. The van der Waals surface area contributed by atoms with Gasteiger partial charge in [0.1, 0.15) is 10.8 Å². The molecule has 32 heavy (non-hydrogen) atoms. The molecular weight excluding hydrogens is 418 g/mol. The molecule has 0 unspecified atom stereocenters. The van der Waals surface area contributed by atoms with Crippen LogP contribution in [0.4, 0.5) is 5.13 Å². The highest BCUT2D eigenvalue weighted by molar-refractivity contribution is 7.15. The highest BCUT2D eigenvalue weighted by Gasteiger charge is 2.15. The summed E-state index contributed by atoms with van der Waals surface area (Å²) in [6.07, 6.45) is 3.48. The monoisotopic (exact) mass is 441 g/mol. The number of benzene rings is 3. The van der Waals surface area contributed by atoms with Gasteiger partial charge in [-0.15, -0.1) is 10.2 Å². The Bertz CT molecular complexity index is 1190. The molecule has 4 aromatic rings. The van der Waals surface area contributed by atoms with E-state index in [-0.39, 0.29) is 5.91 Å². The number of anilines is 1. The van der Waals surface area contributed by atoms with Crippen LogP contribution < -0.4 is 10.1 Å². The van der Waals surface area contributed by atoms with Crippen LogP contribution in [0.5, 0.6) is 5.75 Å². The molecule has 3 aromatic carbocycles. The summed E-state index contributed by atoms with van der Waals surface area (Å²) in [6.45, 7) is 0. The van der Waals surface area contributed by atoms with Gasteiger partial charge in [0, 0.05) is 12.0 Å². The maximum absolute atomic E-state index is 13.1. The van der Waals surface area contributed by atoms with Crippen LogP contribution in [0.15, 0.2) is 84.9 Å². The zero-order valence-corrected chi connectivity index (χ0v) is 18.5. The number of aromatic nitrogens is 2. The summed E-state index contributed by atoms with van der Waals surface area (Å²) in [5.41, 5.74) is 3.58. The summed E-state index contributed by atoms with van der Waals surface area (Å²) in [7, 11) is 1.66. The highest BCUT2D eigenvalue weighted by Crippen LogP contribution is 2.23. The minimum absolute atomic E-state index is 0.210. The van der Waals surface area contributed by atoms with Crippen LogP contribution in [0.2, 0.25) is 0 Å². The van der Waals surface area contributed by atoms with Gasteiger partial charge >= 0.3 is 0 Å². The van der Waals surface area contributed by atoms with E-state index >= 15 is 0 Å². The van der Waals surface area contributed by atoms with Crippen molar-refractivity contribution in [2.45, 2.75) is 12.8 Å². The van der Waals surface area contributed by atoms with Gasteiger partial charge in [-0.05, 0) is 41.3 Å². The van der Waals surface area contributed by atoms with Gasteiger partial charge in [-0.1, -0.05) is 84.1 Å². The average molecular weight is 442 g/mol. The van der Waals surface area contributed by atoms with Crippen molar-refractivity contribution in [2.24, 2.45) is 0 Å². The van der Waals surface area contributed by atoms with Crippen molar-refractivity contribution in [3.8, 4) is 5.75 Å². The molecule has 160 valence electrons. The van der Waals surface area contributed by atoms with E-state index in [0.717, 1.165) is 34.7 Å². The number of methoxy groups -OCH3 is 1. The van der Waals surface area contributed by atoms with Gasteiger partial charge in [-0.3, -0.25) is 10.1 Å². The number of hydrogen-bond donors (Lipinski definition) is 1. The summed E-state index contributed by atoms with van der Waals surface area (Å²) in [5, 5.41) is 12.7. The lowest BCUT2D eigenvalue weighted by Crippen LogP contribution is -2.13. The topological polar surface area (TPSA) is 64.1 Å². The number of carbonyl (C=O) groups excluding carboxylic acids is 1. The van der Waals surface area contributed by atoms with E-state index in [1.165, 1.54) is 16.9 Å². The summed E-state index contributed by atoms with van der Waals surface area (Å²) in [5.74, 6) is 0.630. The first-order chi connectivity index (χ1) is 15.7. The van der Waals surface area contributed by atoms with E-state index in [4.69, 9.17) is 4.74 Å². The summed E-state index contributed by atoms with van der Waals surface area (Å²) in [4.78, 5) is 13.1. The van der Waals surface area contributed by atoms with Crippen LogP contribution in [0.3, 0.4) is 0 Å². The van der Waals surface area contributed by atoms with Gasteiger partial charge in [0.05, 0.1) is 7.11 Å². The molecule has 1 N–H and O–H groups in total. The second kappa shape index (κ2) is 10.5. The molecule has 0 saturated heterocycles. The smallest absolute Gasteiger partial charge is 0.258 e. The zero-order chi connectivity index (χ0) is 22.2. The third-order valence-electron chi connectivity index (χ3n) is 4.91. The maximum Gasteiger partial charge on any atom is 0.258 e. The number of nitrogens with one attached hydrogen (secondary N) is 1. The Morgan fingerprint density at radius 2 is 1.59 bits per heavy atom. The lowest BCUT2D eigenvalue weighted by atomic mass is 10.0. The predicted octanol–water partition coefficient (Wildman–Crippen LogP) is 5.51. The number of hydrogen-bond acceptors (Lipinski definition) is 5. The molecule has 0 aliphatic rings. The molecule has 0 fully saturated rings. The Morgan fingerprint density at radius 3 is 2.28 bits per heavy atom. The molecule has 1 amide bonds. The van der Waals surface area contributed by atoms with Crippen LogP contribution in [0, 0.1) is 0 Å². The van der Waals surface area contributed by atoms with Crippen molar-refractivity contribution in [1.82, 2.24) is 10.2 Å². The molecule has 0 saturated carbocycles. The van der Waals surface area contributed by atoms with E-state index in [0.29, 0.717) is 10.7 Å². The first-order valence-electron chi connectivity index (χ1n) is 10.3. The van der Waals surface area contributed by atoms with Crippen molar-refractivity contribution in [2.75, 3.05) is 12.4 Å². The van der Waals surface area contributed by atoms with Crippen LogP contribution in [0.25, 0.3) is 11.6 Å². The van der Waals surface area contributed by atoms with E-state index in [1.54, 1.807) is 7.11 Å². The van der Waals surface area contributed by atoms with Crippen molar-refractivity contribution < 1.29 is 9.53 Å². The lowest BCUT2D eigenvalue weighted by molar-refractivity contribution is -0.111. The van der Waals surface area contributed by atoms with Crippen LogP contribution >= 0.6 is 11.3 Å². The summed E-state index contributed by atoms with van der Waals surface area (Å²) >= 11 is 1.40. The first kappa shape index (κ1) is 21.5. The van der Waals surface area contributed by atoms with E-state index in [2.05, 4.69) is 15.5 Å². The van der Waals surface area contributed by atoms with Gasteiger partial charge in [-0.2, -0.15) is 0 Å². The summed E-state index contributed by atoms with van der Waals surface area (Å²) < 4.78 is 5.20. The van der Waals surface area contributed by atoms with Gasteiger partial charge in [0.25, 0.3) is 5.91 Å². The van der Waals surface area contributed by atoms with Crippen molar-refractivity contribution >= 4 is 34.0 Å². The molecule has 6 heteroatoms. The highest BCUT2D eigenvalue weighted by atomic mass is 32.1. The van der Waals surface area contributed by atoms with Gasteiger partial charge in [-0.25, -0.2) is 0 Å². The fraction of sp³-hybridized carbons (Fsp3) is 0.115. The number of ether oxygens (including phenoxy) is 1. The largest absolute Gasteiger partial charge is 0.497 e. The molecule has 1 aromatic heterocycles. The number of amides is 1. The standard InChI is InChI=1S/C26H23N3O2S/c1-31-22-15-12-19(13-16-22)14-17-24-28-29-26(32-24)27-25(30)23(21-10-6-3-7-11-21)18-20-8-4-2-5-9-20/h2-13,15-16,18H,14,17H2,1H3,(H,27,29,30)/b23-18-. The average Bonchev–Trinajstić information content (AvgIpc) is 3.30. The minimum Gasteiger partial charge on any atom is -0.497 e. The fourth-order valence-electron chi connectivity index (χ4n) is 3.23. The molecule has 0 atom stereocenters. The van der Waals surface area contributed by atoms with E-state index in [9.17, 15) is 4.79 Å². The molecule has 0 bridgehead atoms. The Balaban J connectivity index is 1.45. The minimum atomic E-state index is -0.210. The first-order valence-corrected chi connectivity index (χ1v) is 11.1. The van der Waals surface area contributed by atoms with Crippen LogP contribution in [-0.4, -0.2) is 23.2 Å². The molecule has 4 rings (SSSR count). The molecule has 0 spiro atoms. The Labute approximate surface area is 191 Å². The Hall–Kier alpha value is -3.77. The number of carbonyl (C=O) groups is 1. The Kier molecular flexibility index (Phi) is 7.05. The fourth-order valence-corrected chi connectivity index (χ4v) is 3.96. The SMILES string of the molecule is COc1ccc(CCc2nnc(NC(=O)/C(=C\c3ccccc3)c3ccccc3)s2)cc1. The van der Waals surface area contributed by atoms with Crippen molar-refractivity contribution in [1.29, 1.82) is 0 Å². The van der Waals surface area contributed by atoms with Gasteiger partial charge in [0.15, 0.2) is 0 Å². The van der Waals surface area contributed by atoms with Crippen molar-refractivity contribution in [3.05, 3.63) is 107 Å². The normalized spacial score (nSPS) is 11.2. The Morgan fingerprint density at radius 1 is 0.906 bits per heavy atom. The predicted molar refractivity (Wildman–Crippen MR) is 130 cm³/mol. The maximum atomic E-state index is 13.1. The van der Waals surface area contributed by atoms with E-state index in [1.807, 2.05) is 91.0 Å². The molecule has 0 aliphatic carbocycles. The third-order valence-corrected chi connectivity index (χ3v) is 5.81. The molecule has 5 nitrogen and oxygen atoms in total. The third kappa shape index (κ3) is 5.68. The number of nitrogens with zero attached hydrogens (tertiary/aromatic N) is 2. The van der Waals surface area contributed by atoms with Crippen LogP contribution in [0.1, 0.15) is 21.7 Å². The van der Waals surface area contributed by atoms with Crippen molar-refractivity contribution in [3.63, 3.8) is 0 Å². The lowest BCUT2D eigenvalue weighted by Gasteiger charge is -2.07. The molecule has 0 aliphatic heterocycles. The second-order valence-electron chi connectivity index (χ2n) is 7.14. The summed E-state index contributed by atoms with van der Waals surface area (Å²) in [6, 6.07) is 27.4. The van der Waals surface area contributed by atoms with Gasteiger partial charge < -0.3 is 4.74 Å². The van der Waals surface area contributed by atoms with Crippen LogP contribution in [-0.2, 0) is 17.6 Å². The zero-order valence-electron chi connectivity index (χ0n) is 17.7.